The Morgan fingerprint density at radius 2 is 1.68 bits per heavy atom. The van der Waals surface area contributed by atoms with Gasteiger partial charge in [-0.15, -0.1) is 0 Å². The van der Waals surface area contributed by atoms with Crippen LogP contribution in [0.15, 0.2) is 24.3 Å². The predicted octanol–water partition coefficient (Wildman–Crippen LogP) is 1.29. The van der Waals surface area contributed by atoms with Gasteiger partial charge in [-0.2, -0.15) is 0 Å². The van der Waals surface area contributed by atoms with Gasteiger partial charge in [0.15, 0.2) is 0 Å². The molecule has 1 aromatic rings. The number of ether oxygens (including phenoxy) is 3. The summed E-state index contributed by atoms with van der Waals surface area (Å²) in [6.45, 7) is 13.7. The van der Waals surface area contributed by atoms with Crippen molar-refractivity contribution in [3.63, 3.8) is 0 Å². The van der Waals surface area contributed by atoms with Gasteiger partial charge >= 0.3 is 0 Å². The molecule has 1 aromatic carbocycles. The van der Waals surface area contributed by atoms with Crippen LogP contribution in [0.3, 0.4) is 0 Å². The topological polar surface area (TPSA) is 32.1 Å². The Morgan fingerprint density at radius 1 is 1.00 bits per heavy atom. The highest BCUT2D eigenvalue weighted by molar-refractivity contribution is 5.31. The van der Waals surface area contributed by atoms with Crippen LogP contribution in [0, 0.1) is 0 Å². The monoisotopic (exact) mass is 308 g/mol. The molecule has 1 heterocycles. The van der Waals surface area contributed by atoms with E-state index in [9.17, 15) is 0 Å². The zero-order valence-corrected chi connectivity index (χ0v) is 14.2. The molecule has 0 unspecified atom stereocenters. The minimum absolute atomic E-state index is 0.184. The van der Waals surface area contributed by atoms with E-state index in [0.717, 1.165) is 45.2 Å². The lowest BCUT2D eigenvalue weighted by atomic mass is 9.87. The van der Waals surface area contributed by atoms with Crippen LogP contribution >= 0.6 is 0 Å². The zero-order chi connectivity index (χ0) is 15.8. The van der Waals surface area contributed by atoms with Crippen LogP contribution in [0.1, 0.15) is 26.3 Å². The van der Waals surface area contributed by atoms with Gasteiger partial charge < -0.3 is 19.1 Å². The van der Waals surface area contributed by atoms with Crippen molar-refractivity contribution >= 4 is 0 Å². The first kappa shape index (κ1) is 17.3. The van der Waals surface area contributed by atoms with Crippen molar-refractivity contribution in [1.82, 2.24) is 0 Å². The van der Waals surface area contributed by atoms with Crippen molar-refractivity contribution in [2.75, 3.05) is 52.7 Å². The molecule has 0 saturated carbocycles. The molecule has 0 aliphatic carbocycles. The third-order valence-corrected chi connectivity index (χ3v) is 4.02. The summed E-state index contributed by atoms with van der Waals surface area (Å²) < 4.78 is 16.7. The van der Waals surface area contributed by atoms with Crippen molar-refractivity contribution in [1.29, 1.82) is 0 Å². The van der Waals surface area contributed by atoms with E-state index in [1.807, 2.05) is 12.1 Å². The summed E-state index contributed by atoms with van der Waals surface area (Å²) in [7, 11) is 0. The van der Waals surface area contributed by atoms with E-state index in [2.05, 4.69) is 32.9 Å². The number of quaternary nitrogens is 1. The standard InChI is InChI=1S/C18H29NO3/c1-18(2,3)16-4-6-17(7-5-16)22-15-14-21-13-10-19-8-11-20-12-9-19/h4-7H,8-15H2,1-3H3/p+1. The predicted molar refractivity (Wildman–Crippen MR) is 87.8 cm³/mol. The molecular formula is C18H30NO3+. The first-order valence-corrected chi connectivity index (χ1v) is 8.28. The molecule has 1 aliphatic rings. The van der Waals surface area contributed by atoms with Crippen molar-refractivity contribution < 1.29 is 19.1 Å². The Hall–Kier alpha value is -1.10. The minimum atomic E-state index is 0.184. The average molecular weight is 308 g/mol. The van der Waals surface area contributed by atoms with E-state index in [1.54, 1.807) is 4.90 Å². The maximum Gasteiger partial charge on any atom is 0.119 e. The molecule has 0 bridgehead atoms. The minimum Gasteiger partial charge on any atom is -0.491 e. The highest BCUT2D eigenvalue weighted by Gasteiger charge is 2.13. The Morgan fingerprint density at radius 3 is 2.32 bits per heavy atom. The Kier molecular flexibility index (Phi) is 6.68. The number of rotatable bonds is 7. The number of hydrogen-bond donors (Lipinski definition) is 1. The van der Waals surface area contributed by atoms with Crippen LogP contribution < -0.4 is 9.64 Å². The number of benzene rings is 1. The van der Waals surface area contributed by atoms with E-state index < -0.39 is 0 Å². The molecule has 0 radical (unpaired) electrons. The summed E-state index contributed by atoms with van der Waals surface area (Å²) in [6, 6.07) is 8.35. The van der Waals surface area contributed by atoms with Crippen LogP contribution in [0.5, 0.6) is 5.75 Å². The molecule has 1 fully saturated rings. The average Bonchev–Trinajstić information content (AvgIpc) is 2.51. The summed E-state index contributed by atoms with van der Waals surface area (Å²) >= 11 is 0. The van der Waals surface area contributed by atoms with Crippen LogP contribution in [-0.2, 0) is 14.9 Å². The van der Waals surface area contributed by atoms with E-state index in [1.165, 1.54) is 5.56 Å². The van der Waals surface area contributed by atoms with Gasteiger partial charge in [-0.05, 0) is 23.1 Å². The summed E-state index contributed by atoms with van der Waals surface area (Å²) in [5.41, 5.74) is 1.51. The van der Waals surface area contributed by atoms with Gasteiger partial charge in [-0.3, -0.25) is 0 Å². The van der Waals surface area contributed by atoms with Crippen LogP contribution in [0.25, 0.3) is 0 Å². The third-order valence-electron chi connectivity index (χ3n) is 4.02. The van der Waals surface area contributed by atoms with Crippen LogP contribution in [-0.4, -0.2) is 52.7 Å². The second-order valence-corrected chi connectivity index (χ2v) is 6.85. The molecule has 0 amide bonds. The van der Waals surface area contributed by atoms with E-state index in [-0.39, 0.29) is 5.41 Å². The Balaban J connectivity index is 1.56. The van der Waals surface area contributed by atoms with E-state index in [0.29, 0.717) is 13.2 Å². The number of hydrogen-bond acceptors (Lipinski definition) is 3. The summed E-state index contributed by atoms with van der Waals surface area (Å²) in [4.78, 5) is 1.57. The SMILES string of the molecule is CC(C)(C)c1ccc(OCCOCC[NH+]2CCOCC2)cc1. The molecule has 0 atom stereocenters. The molecule has 124 valence electrons. The fourth-order valence-corrected chi connectivity index (χ4v) is 2.50. The van der Waals surface area contributed by atoms with E-state index in [4.69, 9.17) is 14.2 Å². The molecule has 1 N–H and O–H groups in total. The second-order valence-electron chi connectivity index (χ2n) is 6.85. The molecule has 0 spiro atoms. The lowest BCUT2D eigenvalue weighted by Crippen LogP contribution is -3.14. The quantitative estimate of drug-likeness (QED) is 0.771. The number of morpholine rings is 1. The molecule has 22 heavy (non-hydrogen) atoms. The molecule has 4 heteroatoms. The van der Waals surface area contributed by atoms with Crippen LogP contribution in [0.2, 0.25) is 0 Å². The van der Waals surface area contributed by atoms with Gasteiger partial charge in [-0.1, -0.05) is 32.9 Å². The molecule has 4 nitrogen and oxygen atoms in total. The first-order chi connectivity index (χ1) is 10.6. The van der Waals surface area contributed by atoms with Crippen molar-refractivity contribution in [3.8, 4) is 5.75 Å². The first-order valence-electron chi connectivity index (χ1n) is 8.28. The van der Waals surface area contributed by atoms with Crippen molar-refractivity contribution in [3.05, 3.63) is 29.8 Å². The number of nitrogens with one attached hydrogen (secondary N) is 1. The molecular weight excluding hydrogens is 278 g/mol. The fraction of sp³-hybridized carbons (Fsp3) is 0.667. The smallest absolute Gasteiger partial charge is 0.119 e. The summed E-state index contributed by atoms with van der Waals surface area (Å²) in [6.07, 6.45) is 0. The Labute approximate surface area is 134 Å². The highest BCUT2D eigenvalue weighted by Crippen LogP contribution is 2.24. The maximum atomic E-state index is 5.71. The van der Waals surface area contributed by atoms with Crippen LogP contribution in [0.4, 0.5) is 0 Å². The van der Waals surface area contributed by atoms with Crippen molar-refractivity contribution in [2.45, 2.75) is 26.2 Å². The largest absolute Gasteiger partial charge is 0.491 e. The molecule has 1 saturated heterocycles. The zero-order valence-electron chi connectivity index (χ0n) is 14.2. The summed E-state index contributed by atoms with van der Waals surface area (Å²) in [5.74, 6) is 0.912. The van der Waals surface area contributed by atoms with Gasteiger partial charge in [0.25, 0.3) is 0 Å². The van der Waals surface area contributed by atoms with Gasteiger partial charge in [0.1, 0.15) is 32.0 Å². The normalized spacial score (nSPS) is 16.7. The second kappa shape index (κ2) is 8.51. The third kappa shape index (κ3) is 5.95. The fourth-order valence-electron chi connectivity index (χ4n) is 2.50. The molecule has 0 aromatic heterocycles. The maximum absolute atomic E-state index is 5.71. The lowest BCUT2D eigenvalue weighted by Gasteiger charge is -2.23. The highest BCUT2D eigenvalue weighted by atomic mass is 16.5. The van der Waals surface area contributed by atoms with E-state index >= 15 is 0 Å². The van der Waals surface area contributed by atoms with Gasteiger partial charge in [0.05, 0.1) is 26.4 Å². The van der Waals surface area contributed by atoms with Gasteiger partial charge in [-0.25, -0.2) is 0 Å². The lowest BCUT2D eigenvalue weighted by molar-refractivity contribution is -0.908. The van der Waals surface area contributed by atoms with Gasteiger partial charge in [0.2, 0.25) is 0 Å². The molecule has 2 rings (SSSR count). The van der Waals surface area contributed by atoms with Crippen molar-refractivity contribution in [2.24, 2.45) is 0 Å². The van der Waals surface area contributed by atoms with Gasteiger partial charge in [0, 0.05) is 0 Å². The molecule has 1 aliphatic heterocycles. The Bertz CT molecular complexity index is 419. The summed E-state index contributed by atoms with van der Waals surface area (Å²) in [5, 5.41) is 0.